The summed E-state index contributed by atoms with van der Waals surface area (Å²) in [6, 6.07) is 5.87. The van der Waals surface area contributed by atoms with E-state index in [0.29, 0.717) is 26.3 Å². The van der Waals surface area contributed by atoms with Gasteiger partial charge in [0.2, 0.25) is 5.91 Å². The highest BCUT2D eigenvalue weighted by molar-refractivity contribution is 5.85. The molecule has 126 valence electrons. The first-order valence-electron chi connectivity index (χ1n) is 7.48. The molecule has 0 spiro atoms. The fourth-order valence-electron chi connectivity index (χ4n) is 1.86. The fraction of sp³-hybridized carbons (Fsp3) is 0.562. The van der Waals surface area contributed by atoms with Gasteiger partial charge in [0, 0.05) is 19.0 Å². The van der Waals surface area contributed by atoms with E-state index in [0.717, 1.165) is 23.5 Å². The molecule has 0 aromatic heterocycles. The normalized spacial score (nSPS) is 11.3. The molecule has 1 rings (SSSR count). The third-order valence-electron chi connectivity index (χ3n) is 3.12. The van der Waals surface area contributed by atoms with Crippen LogP contribution in [0.5, 0.6) is 11.5 Å². The Morgan fingerprint density at radius 1 is 1.23 bits per heavy atom. The number of rotatable bonds is 9. The maximum absolute atomic E-state index is 11.6. The average molecular weight is 331 g/mol. The first kappa shape index (κ1) is 20.5. The summed E-state index contributed by atoms with van der Waals surface area (Å²) in [7, 11) is 0. The number of carbonyl (C=O) groups is 1. The van der Waals surface area contributed by atoms with Gasteiger partial charge in [-0.2, -0.15) is 0 Å². The smallest absolute Gasteiger partial charge is 0.224 e. The van der Waals surface area contributed by atoms with Crippen LogP contribution in [0.3, 0.4) is 0 Å². The molecule has 0 radical (unpaired) electrons. The highest BCUT2D eigenvalue weighted by Crippen LogP contribution is 2.28. The van der Waals surface area contributed by atoms with Crippen LogP contribution in [0, 0.1) is 5.92 Å². The van der Waals surface area contributed by atoms with Gasteiger partial charge >= 0.3 is 0 Å². The minimum atomic E-state index is -0.149. The number of hydrogen-bond acceptors (Lipinski definition) is 4. The molecule has 0 saturated carbocycles. The van der Waals surface area contributed by atoms with Gasteiger partial charge in [-0.1, -0.05) is 13.0 Å². The largest absolute Gasteiger partial charge is 0.490 e. The minimum absolute atomic E-state index is 0. The molecular weight excluding hydrogens is 304 g/mol. The summed E-state index contributed by atoms with van der Waals surface area (Å²) in [6.07, 6.45) is 0.746. The van der Waals surface area contributed by atoms with Gasteiger partial charge in [0.15, 0.2) is 11.5 Å². The van der Waals surface area contributed by atoms with Crippen LogP contribution in [0.2, 0.25) is 0 Å². The number of hydrogen-bond donors (Lipinski definition) is 2. The number of ether oxygens (including phenoxy) is 2. The molecule has 0 bridgehead atoms. The number of nitrogens with two attached hydrogens (primary N) is 1. The summed E-state index contributed by atoms with van der Waals surface area (Å²) < 4.78 is 11.1. The van der Waals surface area contributed by atoms with Crippen LogP contribution in [0.15, 0.2) is 18.2 Å². The van der Waals surface area contributed by atoms with Gasteiger partial charge in [-0.3, -0.25) is 4.79 Å². The Labute approximate surface area is 139 Å². The Bertz CT molecular complexity index is 455. The van der Waals surface area contributed by atoms with Gasteiger partial charge in [-0.05, 0) is 38.0 Å². The van der Waals surface area contributed by atoms with E-state index in [-0.39, 0.29) is 24.2 Å². The van der Waals surface area contributed by atoms with E-state index < -0.39 is 0 Å². The van der Waals surface area contributed by atoms with Crippen molar-refractivity contribution in [2.75, 3.05) is 26.3 Å². The molecule has 5 nitrogen and oxygen atoms in total. The molecule has 0 aliphatic carbocycles. The molecule has 1 amide bonds. The van der Waals surface area contributed by atoms with E-state index in [2.05, 4.69) is 5.32 Å². The number of halogens is 1. The summed E-state index contributed by atoms with van der Waals surface area (Å²) in [6.45, 7) is 7.85. The van der Waals surface area contributed by atoms with Gasteiger partial charge in [0.1, 0.15) is 0 Å². The van der Waals surface area contributed by atoms with Gasteiger partial charge in [-0.15, -0.1) is 12.4 Å². The summed E-state index contributed by atoms with van der Waals surface area (Å²) in [5, 5.41) is 2.88. The van der Waals surface area contributed by atoms with Crippen molar-refractivity contribution in [3.8, 4) is 11.5 Å². The van der Waals surface area contributed by atoms with Gasteiger partial charge in [-0.25, -0.2) is 0 Å². The maximum Gasteiger partial charge on any atom is 0.224 e. The molecule has 1 aromatic rings. The predicted molar refractivity (Wildman–Crippen MR) is 91.0 cm³/mol. The van der Waals surface area contributed by atoms with Crippen molar-refractivity contribution in [3.05, 3.63) is 23.8 Å². The molecule has 0 fully saturated rings. The third-order valence-corrected chi connectivity index (χ3v) is 3.12. The Kier molecular flexibility index (Phi) is 10.4. The van der Waals surface area contributed by atoms with Crippen LogP contribution in [-0.2, 0) is 11.2 Å². The van der Waals surface area contributed by atoms with E-state index in [1.807, 2.05) is 39.0 Å². The van der Waals surface area contributed by atoms with Crippen LogP contribution in [0.25, 0.3) is 0 Å². The van der Waals surface area contributed by atoms with Crippen molar-refractivity contribution < 1.29 is 14.3 Å². The molecule has 6 heteroatoms. The number of nitrogens with one attached hydrogen (secondary N) is 1. The van der Waals surface area contributed by atoms with Crippen molar-refractivity contribution in [2.45, 2.75) is 27.2 Å². The topological polar surface area (TPSA) is 73.6 Å². The van der Waals surface area contributed by atoms with Gasteiger partial charge in [0.25, 0.3) is 0 Å². The second-order valence-corrected chi connectivity index (χ2v) is 4.82. The van der Waals surface area contributed by atoms with Crippen molar-refractivity contribution in [1.29, 1.82) is 0 Å². The zero-order valence-corrected chi connectivity index (χ0v) is 14.4. The van der Waals surface area contributed by atoms with Crippen molar-refractivity contribution >= 4 is 18.3 Å². The zero-order chi connectivity index (χ0) is 15.7. The monoisotopic (exact) mass is 330 g/mol. The standard InChI is InChI=1S/C16H26N2O3.ClH/c1-4-20-14-7-6-13(10-15(14)21-5-2)8-9-18-16(19)12(3)11-17;/h6-7,10,12H,4-5,8-9,11,17H2,1-3H3,(H,18,19);1H. The van der Waals surface area contributed by atoms with Crippen LogP contribution < -0.4 is 20.5 Å². The molecule has 1 unspecified atom stereocenters. The average Bonchev–Trinajstić information content (AvgIpc) is 2.49. The number of amides is 1. The highest BCUT2D eigenvalue weighted by Gasteiger charge is 2.10. The van der Waals surface area contributed by atoms with Gasteiger partial charge in [0.05, 0.1) is 13.2 Å². The maximum atomic E-state index is 11.6. The van der Waals surface area contributed by atoms with E-state index >= 15 is 0 Å². The fourth-order valence-corrected chi connectivity index (χ4v) is 1.86. The first-order chi connectivity index (χ1) is 10.1. The molecule has 1 atom stereocenters. The third kappa shape index (κ3) is 6.54. The van der Waals surface area contributed by atoms with Crippen LogP contribution in [0.4, 0.5) is 0 Å². The molecule has 0 aliphatic heterocycles. The van der Waals surface area contributed by atoms with Gasteiger partial charge < -0.3 is 20.5 Å². The van der Waals surface area contributed by atoms with E-state index in [1.165, 1.54) is 0 Å². The predicted octanol–water partition coefficient (Wildman–Crippen LogP) is 2.16. The summed E-state index contributed by atoms with van der Waals surface area (Å²) in [5.41, 5.74) is 6.56. The zero-order valence-electron chi connectivity index (χ0n) is 13.6. The lowest BCUT2D eigenvalue weighted by Crippen LogP contribution is -2.34. The lowest BCUT2D eigenvalue weighted by molar-refractivity contribution is -0.124. The van der Waals surface area contributed by atoms with Crippen molar-refractivity contribution in [2.24, 2.45) is 11.7 Å². The SMILES string of the molecule is CCOc1ccc(CCNC(=O)C(C)CN)cc1OCC.Cl. The summed E-state index contributed by atoms with van der Waals surface area (Å²) in [4.78, 5) is 11.6. The minimum Gasteiger partial charge on any atom is -0.490 e. The highest BCUT2D eigenvalue weighted by atomic mass is 35.5. The molecule has 1 aromatic carbocycles. The van der Waals surface area contributed by atoms with Crippen LogP contribution in [0.1, 0.15) is 26.3 Å². The molecule has 22 heavy (non-hydrogen) atoms. The first-order valence-corrected chi connectivity index (χ1v) is 7.48. The quantitative estimate of drug-likeness (QED) is 0.727. The summed E-state index contributed by atoms with van der Waals surface area (Å²) >= 11 is 0. The second-order valence-electron chi connectivity index (χ2n) is 4.82. The molecule has 0 saturated heterocycles. The summed E-state index contributed by atoms with van der Waals surface area (Å²) in [5.74, 6) is 1.35. The Morgan fingerprint density at radius 2 is 1.86 bits per heavy atom. The van der Waals surface area contributed by atoms with E-state index in [1.54, 1.807) is 0 Å². The lowest BCUT2D eigenvalue weighted by atomic mass is 10.1. The van der Waals surface area contributed by atoms with E-state index in [4.69, 9.17) is 15.2 Å². The Balaban J connectivity index is 0.00000441. The number of benzene rings is 1. The van der Waals surface area contributed by atoms with Crippen molar-refractivity contribution in [1.82, 2.24) is 5.32 Å². The Morgan fingerprint density at radius 3 is 2.45 bits per heavy atom. The van der Waals surface area contributed by atoms with Crippen LogP contribution in [-0.4, -0.2) is 32.2 Å². The molecule has 0 heterocycles. The van der Waals surface area contributed by atoms with E-state index in [9.17, 15) is 4.79 Å². The van der Waals surface area contributed by atoms with Crippen molar-refractivity contribution in [3.63, 3.8) is 0 Å². The number of carbonyl (C=O) groups excluding carboxylic acids is 1. The molecule has 0 aliphatic rings. The lowest BCUT2D eigenvalue weighted by Gasteiger charge is -2.13. The molecule has 3 N–H and O–H groups in total. The Hall–Kier alpha value is -1.46. The molecular formula is C16H27ClN2O3. The second kappa shape index (κ2) is 11.2. The van der Waals surface area contributed by atoms with Crippen LogP contribution >= 0.6 is 12.4 Å².